The number of benzene rings is 1. The second kappa shape index (κ2) is 8.79. The molecule has 1 aliphatic rings. The normalized spacial score (nSPS) is 14.5. The number of anilines is 2. The highest BCUT2D eigenvalue weighted by atomic mass is 19.1. The van der Waals surface area contributed by atoms with E-state index >= 15 is 0 Å². The van der Waals surface area contributed by atoms with Gasteiger partial charge in [0.2, 0.25) is 0 Å². The predicted molar refractivity (Wildman–Crippen MR) is 105 cm³/mol. The average Bonchev–Trinajstić information content (AvgIpc) is 2.68. The van der Waals surface area contributed by atoms with Crippen molar-refractivity contribution in [3.8, 4) is 0 Å². The van der Waals surface area contributed by atoms with Crippen molar-refractivity contribution in [1.82, 2.24) is 15.3 Å². The van der Waals surface area contributed by atoms with Crippen molar-refractivity contribution in [3.63, 3.8) is 0 Å². The standard InChI is InChI=1S/C20H26FN5O/c1-15(2)7-8-22-20(27)17-13-19(24-14-23-17)26-11-9-25(10-12-26)18-6-4-3-5-16(18)21/h3-6,13-15H,7-12H2,1-2H3,(H,22,27). The molecule has 1 fully saturated rings. The summed E-state index contributed by atoms with van der Waals surface area (Å²) < 4.78 is 14.0. The van der Waals surface area contributed by atoms with Gasteiger partial charge in [-0.25, -0.2) is 14.4 Å². The van der Waals surface area contributed by atoms with Gasteiger partial charge in [0.1, 0.15) is 23.7 Å². The molecule has 144 valence electrons. The topological polar surface area (TPSA) is 61.4 Å². The van der Waals surface area contributed by atoms with Crippen LogP contribution < -0.4 is 15.1 Å². The second-order valence-corrected chi connectivity index (χ2v) is 7.13. The monoisotopic (exact) mass is 371 g/mol. The molecule has 1 aliphatic heterocycles. The molecular formula is C20H26FN5O. The van der Waals surface area contributed by atoms with Gasteiger partial charge in [-0.2, -0.15) is 0 Å². The van der Waals surface area contributed by atoms with Crippen LogP contribution in [0.5, 0.6) is 0 Å². The number of para-hydroxylation sites is 1. The van der Waals surface area contributed by atoms with E-state index in [0.29, 0.717) is 50.0 Å². The molecule has 1 amide bonds. The fourth-order valence-corrected chi connectivity index (χ4v) is 3.09. The summed E-state index contributed by atoms with van der Waals surface area (Å²) in [6.07, 6.45) is 2.36. The number of hydrogen-bond donors (Lipinski definition) is 1. The first-order chi connectivity index (χ1) is 13.0. The fraction of sp³-hybridized carbons (Fsp3) is 0.450. The van der Waals surface area contributed by atoms with Gasteiger partial charge < -0.3 is 15.1 Å². The molecule has 0 saturated carbocycles. The summed E-state index contributed by atoms with van der Waals surface area (Å²) in [4.78, 5) is 24.8. The minimum atomic E-state index is -0.201. The third kappa shape index (κ3) is 4.93. The lowest BCUT2D eigenvalue weighted by atomic mass is 10.1. The van der Waals surface area contributed by atoms with E-state index in [1.807, 2.05) is 11.0 Å². The molecule has 0 bridgehead atoms. The maximum Gasteiger partial charge on any atom is 0.270 e. The molecule has 0 aliphatic carbocycles. The van der Waals surface area contributed by atoms with Gasteiger partial charge in [0.05, 0.1) is 5.69 Å². The van der Waals surface area contributed by atoms with Crippen molar-refractivity contribution in [2.45, 2.75) is 20.3 Å². The maximum absolute atomic E-state index is 14.0. The van der Waals surface area contributed by atoms with Crippen molar-refractivity contribution in [1.29, 1.82) is 0 Å². The van der Waals surface area contributed by atoms with Crippen LogP contribution in [0.15, 0.2) is 36.7 Å². The Morgan fingerprint density at radius 2 is 1.85 bits per heavy atom. The molecule has 6 nitrogen and oxygen atoms in total. The highest BCUT2D eigenvalue weighted by Crippen LogP contribution is 2.22. The molecule has 0 unspecified atom stereocenters. The van der Waals surface area contributed by atoms with Gasteiger partial charge in [0.15, 0.2) is 0 Å². The summed E-state index contributed by atoms with van der Waals surface area (Å²) in [6.45, 7) is 7.68. The Kier molecular flexibility index (Phi) is 6.21. The van der Waals surface area contributed by atoms with Gasteiger partial charge in [0, 0.05) is 38.8 Å². The lowest BCUT2D eigenvalue weighted by molar-refractivity contribution is 0.0947. The zero-order chi connectivity index (χ0) is 19.2. The molecule has 1 aromatic carbocycles. The molecule has 3 rings (SSSR count). The van der Waals surface area contributed by atoms with Crippen molar-refractivity contribution in [2.24, 2.45) is 5.92 Å². The number of nitrogens with one attached hydrogen (secondary N) is 1. The van der Waals surface area contributed by atoms with Crippen LogP contribution in [-0.4, -0.2) is 48.6 Å². The van der Waals surface area contributed by atoms with Crippen molar-refractivity contribution < 1.29 is 9.18 Å². The van der Waals surface area contributed by atoms with Gasteiger partial charge in [-0.15, -0.1) is 0 Å². The number of carbonyl (C=O) groups is 1. The van der Waals surface area contributed by atoms with Crippen molar-refractivity contribution in [2.75, 3.05) is 42.5 Å². The number of aromatic nitrogens is 2. The van der Waals surface area contributed by atoms with Gasteiger partial charge in [0.25, 0.3) is 5.91 Å². The number of halogens is 1. The van der Waals surface area contributed by atoms with Crippen LogP contribution in [0, 0.1) is 11.7 Å². The van der Waals surface area contributed by atoms with Crippen LogP contribution in [0.3, 0.4) is 0 Å². The Labute approximate surface area is 159 Å². The molecule has 0 spiro atoms. The van der Waals surface area contributed by atoms with Gasteiger partial charge in [-0.3, -0.25) is 4.79 Å². The van der Waals surface area contributed by atoms with Crippen LogP contribution in [0.1, 0.15) is 30.8 Å². The van der Waals surface area contributed by atoms with E-state index in [2.05, 4.69) is 34.0 Å². The molecule has 0 radical (unpaired) electrons. The fourth-order valence-electron chi connectivity index (χ4n) is 3.09. The van der Waals surface area contributed by atoms with E-state index in [0.717, 1.165) is 12.2 Å². The highest BCUT2D eigenvalue weighted by Gasteiger charge is 2.21. The third-order valence-corrected chi connectivity index (χ3v) is 4.69. The summed E-state index contributed by atoms with van der Waals surface area (Å²) in [5.74, 6) is 0.891. The quantitative estimate of drug-likeness (QED) is 0.846. The van der Waals surface area contributed by atoms with Crippen LogP contribution >= 0.6 is 0 Å². The van der Waals surface area contributed by atoms with E-state index in [-0.39, 0.29) is 11.7 Å². The summed E-state index contributed by atoms with van der Waals surface area (Å²) in [5.41, 5.74) is 1.00. The minimum absolute atomic E-state index is 0.177. The molecule has 27 heavy (non-hydrogen) atoms. The highest BCUT2D eigenvalue weighted by molar-refractivity contribution is 5.92. The predicted octanol–water partition coefficient (Wildman–Crippen LogP) is 2.72. The van der Waals surface area contributed by atoms with E-state index in [1.54, 1.807) is 18.2 Å². The largest absolute Gasteiger partial charge is 0.366 e. The number of piperazine rings is 1. The Morgan fingerprint density at radius 3 is 2.56 bits per heavy atom. The first kappa shape index (κ1) is 19.1. The third-order valence-electron chi connectivity index (χ3n) is 4.69. The number of rotatable bonds is 6. The molecule has 1 saturated heterocycles. The van der Waals surface area contributed by atoms with E-state index in [9.17, 15) is 9.18 Å². The van der Waals surface area contributed by atoms with Crippen molar-refractivity contribution >= 4 is 17.4 Å². The van der Waals surface area contributed by atoms with E-state index in [1.165, 1.54) is 12.4 Å². The average molecular weight is 371 g/mol. The minimum Gasteiger partial charge on any atom is -0.366 e. The molecule has 1 N–H and O–H groups in total. The first-order valence-corrected chi connectivity index (χ1v) is 9.39. The Bertz CT molecular complexity index is 774. The summed E-state index contributed by atoms with van der Waals surface area (Å²) >= 11 is 0. The first-order valence-electron chi connectivity index (χ1n) is 9.39. The molecule has 2 aromatic rings. The smallest absolute Gasteiger partial charge is 0.270 e. The number of hydrogen-bond acceptors (Lipinski definition) is 5. The number of nitrogens with zero attached hydrogens (tertiary/aromatic N) is 4. The Morgan fingerprint density at radius 1 is 1.15 bits per heavy atom. The van der Waals surface area contributed by atoms with Gasteiger partial charge >= 0.3 is 0 Å². The number of amides is 1. The van der Waals surface area contributed by atoms with Crippen LogP contribution in [0.2, 0.25) is 0 Å². The molecular weight excluding hydrogens is 345 g/mol. The maximum atomic E-state index is 14.0. The lowest BCUT2D eigenvalue weighted by Crippen LogP contribution is -2.47. The Hall–Kier alpha value is -2.70. The molecule has 2 heterocycles. The van der Waals surface area contributed by atoms with Crippen LogP contribution in [0.25, 0.3) is 0 Å². The summed E-state index contributed by atoms with van der Waals surface area (Å²) in [6, 6.07) is 8.55. The van der Waals surface area contributed by atoms with Crippen molar-refractivity contribution in [3.05, 3.63) is 48.2 Å². The Balaban J connectivity index is 1.60. The molecule has 7 heteroatoms. The van der Waals surface area contributed by atoms with Gasteiger partial charge in [-0.05, 0) is 24.5 Å². The SMILES string of the molecule is CC(C)CCNC(=O)c1cc(N2CCN(c3ccccc3F)CC2)ncn1. The van der Waals surface area contributed by atoms with Crippen LogP contribution in [0.4, 0.5) is 15.9 Å². The van der Waals surface area contributed by atoms with Gasteiger partial charge in [-0.1, -0.05) is 26.0 Å². The second-order valence-electron chi connectivity index (χ2n) is 7.13. The zero-order valence-electron chi connectivity index (χ0n) is 15.9. The lowest BCUT2D eigenvalue weighted by Gasteiger charge is -2.36. The summed E-state index contributed by atoms with van der Waals surface area (Å²) in [7, 11) is 0. The zero-order valence-corrected chi connectivity index (χ0v) is 15.9. The number of carbonyl (C=O) groups excluding carboxylic acids is 1. The molecule has 0 atom stereocenters. The van der Waals surface area contributed by atoms with E-state index in [4.69, 9.17) is 0 Å². The summed E-state index contributed by atoms with van der Waals surface area (Å²) in [5, 5.41) is 2.90. The van der Waals surface area contributed by atoms with Crippen LogP contribution in [-0.2, 0) is 0 Å². The van der Waals surface area contributed by atoms with E-state index < -0.39 is 0 Å². The molecule has 1 aromatic heterocycles.